The minimum Gasteiger partial charge on any atom is -0.458 e. The topological polar surface area (TPSA) is 43.4 Å². The predicted molar refractivity (Wildman–Crippen MR) is 66.7 cm³/mol. The van der Waals surface area contributed by atoms with Gasteiger partial charge in [-0.1, -0.05) is 19.1 Å². The number of carbonyl (C=O) groups is 2. The smallest absolute Gasteiger partial charge is 0.334 e. The van der Waals surface area contributed by atoms with Crippen LogP contribution in [-0.2, 0) is 14.3 Å². The van der Waals surface area contributed by atoms with Gasteiger partial charge in [-0.25, -0.2) is 4.79 Å². The molecular formula is C15H18O3. The molecule has 0 aromatic rings. The zero-order valence-corrected chi connectivity index (χ0v) is 10.8. The summed E-state index contributed by atoms with van der Waals surface area (Å²) in [5, 5.41) is 0. The number of allylic oxidation sites excluding steroid dienone is 1. The van der Waals surface area contributed by atoms with Crippen LogP contribution in [0.2, 0.25) is 0 Å². The molecule has 0 aromatic heterocycles. The third-order valence-corrected chi connectivity index (χ3v) is 4.86. The average Bonchev–Trinajstić information content (AvgIpc) is 2.68. The quantitative estimate of drug-likeness (QED) is 0.486. The number of esters is 1. The highest BCUT2D eigenvalue weighted by atomic mass is 16.6. The van der Waals surface area contributed by atoms with E-state index < -0.39 is 0 Å². The zero-order chi connectivity index (χ0) is 13.0. The second kappa shape index (κ2) is 3.81. The summed E-state index contributed by atoms with van der Waals surface area (Å²) in [6.07, 6.45) is 3.44. The Balaban J connectivity index is 2.02. The van der Waals surface area contributed by atoms with Crippen LogP contribution in [0.3, 0.4) is 0 Å². The Hall–Kier alpha value is -1.38. The lowest BCUT2D eigenvalue weighted by atomic mass is 9.78. The summed E-state index contributed by atoms with van der Waals surface area (Å²) in [5.41, 5.74) is 1.66. The van der Waals surface area contributed by atoms with Crippen molar-refractivity contribution in [1.29, 1.82) is 0 Å². The summed E-state index contributed by atoms with van der Waals surface area (Å²) in [6.45, 7) is 7.98. The summed E-state index contributed by atoms with van der Waals surface area (Å²) in [4.78, 5) is 23.8. The van der Waals surface area contributed by atoms with Crippen LogP contribution in [0.1, 0.15) is 26.7 Å². The Labute approximate surface area is 107 Å². The van der Waals surface area contributed by atoms with Crippen molar-refractivity contribution in [2.75, 3.05) is 0 Å². The molecular weight excluding hydrogens is 228 g/mol. The lowest BCUT2D eigenvalue weighted by Gasteiger charge is -2.27. The van der Waals surface area contributed by atoms with Crippen molar-refractivity contribution in [3.8, 4) is 0 Å². The zero-order valence-electron chi connectivity index (χ0n) is 10.8. The van der Waals surface area contributed by atoms with Crippen LogP contribution in [0.4, 0.5) is 0 Å². The van der Waals surface area contributed by atoms with E-state index in [4.69, 9.17) is 4.74 Å². The molecule has 3 nitrogen and oxygen atoms in total. The third kappa shape index (κ3) is 1.43. The first-order valence-corrected chi connectivity index (χ1v) is 6.62. The lowest BCUT2D eigenvalue weighted by molar-refractivity contribution is -0.142. The highest BCUT2D eigenvalue weighted by molar-refractivity contribution is 5.97. The molecule has 3 heteroatoms. The fraction of sp³-hybridized carbons (Fsp3) is 0.600. The summed E-state index contributed by atoms with van der Waals surface area (Å²) < 4.78 is 5.51. The number of hydrogen-bond donors (Lipinski definition) is 0. The standard InChI is InChI=1S/C15H18O3/c1-7-4-5-10-9(3)15(17)18-14(10)13-8(2)6-11(16)12(7)13/h6-7,10,12-14H,3-5H2,1-2H3. The van der Waals surface area contributed by atoms with Crippen molar-refractivity contribution in [2.45, 2.75) is 32.8 Å². The first-order valence-electron chi connectivity index (χ1n) is 6.62. The highest BCUT2D eigenvalue weighted by Gasteiger charge is 2.52. The van der Waals surface area contributed by atoms with Gasteiger partial charge in [0.25, 0.3) is 0 Å². The Morgan fingerprint density at radius 2 is 2.00 bits per heavy atom. The van der Waals surface area contributed by atoms with E-state index in [0.29, 0.717) is 11.5 Å². The largest absolute Gasteiger partial charge is 0.458 e. The Morgan fingerprint density at radius 3 is 2.72 bits per heavy atom. The number of rotatable bonds is 0. The van der Waals surface area contributed by atoms with Crippen molar-refractivity contribution in [3.05, 3.63) is 23.8 Å². The minimum absolute atomic E-state index is 0.00120. The number of ketones is 1. The van der Waals surface area contributed by atoms with Crippen molar-refractivity contribution < 1.29 is 14.3 Å². The second-order valence-electron chi connectivity index (χ2n) is 5.90. The van der Waals surface area contributed by atoms with E-state index in [1.807, 2.05) is 6.92 Å². The van der Waals surface area contributed by atoms with Crippen LogP contribution < -0.4 is 0 Å². The average molecular weight is 246 g/mol. The van der Waals surface area contributed by atoms with Crippen molar-refractivity contribution >= 4 is 11.8 Å². The molecule has 0 aromatic carbocycles. The van der Waals surface area contributed by atoms with E-state index in [2.05, 4.69) is 13.5 Å². The summed E-state index contributed by atoms with van der Waals surface area (Å²) in [5.74, 6) is 0.462. The van der Waals surface area contributed by atoms with E-state index in [0.717, 1.165) is 18.4 Å². The molecule has 0 N–H and O–H groups in total. The maximum absolute atomic E-state index is 12.1. The van der Waals surface area contributed by atoms with Crippen LogP contribution >= 0.6 is 0 Å². The fourth-order valence-electron chi connectivity index (χ4n) is 3.89. The van der Waals surface area contributed by atoms with Gasteiger partial charge in [0, 0.05) is 23.3 Å². The molecule has 1 saturated heterocycles. The van der Waals surface area contributed by atoms with Gasteiger partial charge in [0.15, 0.2) is 5.78 Å². The monoisotopic (exact) mass is 246 g/mol. The normalized spacial score (nSPS) is 43.1. The SMILES string of the molecule is C=C1C(=O)OC2C1CCC(C)C1C(=O)C=C(C)C21. The van der Waals surface area contributed by atoms with Crippen LogP contribution in [0.15, 0.2) is 23.8 Å². The summed E-state index contributed by atoms with van der Waals surface area (Å²) in [7, 11) is 0. The van der Waals surface area contributed by atoms with Crippen LogP contribution in [0.5, 0.6) is 0 Å². The maximum atomic E-state index is 12.1. The predicted octanol–water partition coefficient (Wildman–Crippen LogP) is 2.28. The van der Waals surface area contributed by atoms with Crippen molar-refractivity contribution in [3.63, 3.8) is 0 Å². The molecule has 2 fully saturated rings. The second-order valence-corrected chi connectivity index (χ2v) is 5.90. The van der Waals surface area contributed by atoms with Gasteiger partial charge in [0.05, 0.1) is 0 Å². The van der Waals surface area contributed by atoms with Gasteiger partial charge in [0.2, 0.25) is 0 Å². The van der Waals surface area contributed by atoms with E-state index in [-0.39, 0.29) is 35.6 Å². The number of carbonyl (C=O) groups excluding carboxylic acids is 2. The Morgan fingerprint density at radius 1 is 1.28 bits per heavy atom. The van der Waals surface area contributed by atoms with Gasteiger partial charge in [-0.05, 0) is 31.8 Å². The minimum atomic E-state index is -0.273. The van der Waals surface area contributed by atoms with Crippen LogP contribution in [0.25, 0.3) is 0 Å². The molecule has 0 bridgehead atoms. The fourth-order valence-corrected chi connectivity index (χ4v) is 3.89. The number of ether oxygens (including phenoxy) is 1. The number of fused-ring (bicyclic) bond motifs is 3. The molecule has 96 valence electrons. The van der Waals surface area contributed by atoms with Gasteiger partial charge in [-0.15, -0.1) is 0 Å². The third-order valence-electron chi connectivity index (χ3n) is 4.86. The molecule has 1 saturated carbocycles. The van der Waals surface area contributed by atoms with Gasteiger partial charge >= 0.3 is 5.97 Å². The molecule has 1 aliphatic heterocycles. The molecule has 3 aliphatic rings. The van der Waals surface area contributed by atoms with Gasteiger partial charge < -0.3 is 4.74 Å². The van der Waals surface area contributed by atoms with Gasteiger partial charge in [-0.2, -0.15) is 0 Å². The molecule has 18 heavy (non-hydrogen) atoms. The number of hydrogen-bond acceptors (Lipinski definition) is 3. The summed E-state index contributed by atoms with van der Waals surface area (Å²) in [6, 6.07) is 0. The van der Waals surface area contributed by atoms with Crippen molar-refractivity contribution in [1.82, 2.24) is 0 Å². The molecule has 2 aliphatic carbocycles. The molecule has 0 amide bonds. The molecule has 3 rings (SSSR count). The van der Waals surface area contributed by atoms with Crippen molar-refractivity contribution in [2.24, 2.45) is 23.7 Å². The maximum Gasteiger partial charge on any atom is 0.334 e. The van der Waals surface area contributed by atoms with Crippen LogP contribution in [-0.4, -0.2) is 17.9 Å². The van der Waals surface area contributed by atoms with Gasteiger partial charge in [-0.3, -0.25) is 4.79 Å². The van der Waals surface area contributed by atoms with Crippen LogP contribution in [0, 0.1) is 23.7 Å². The van der Waals surface area contributed by atoms with E-state index in [1.54, 1.807) is 6.08 Å². The van der Waals surface area contributed by atoms with Gasteiger partial charge in [0.1, 0.15) is 6.10 Å². The lowest BCUT2D eigenvalue weighted by Crippen LogP contribution is -2.33. The summed E-state index contributed by atoms with van der Waals surface area (Å²) >= 11 is 0. The first-order chi connectivity index (χ1) is 8.50. The van der Waals surface area contributed by atoms with E-state index >= 15 is 0 Å². The molecule has 0 radical (unpaired) electrons. The Kier molecular flexibility index (Phi) is 2.47. The molecule has 5 atom stereocenters. The molecule has 0 spiro atoms. The Bertz CT molecular complexity index is 474. The first kappa shape index (κ1) is 11.7. The molecule has 5 unspecified atom stereocenters. The molecule has 1 heterocycles. The van der Waals surface area contributed by atoms with E-state index in [1.165, 1.54) is 0 Å². The van der Waals surface area contributed by atoms with E-state index in [9.17, 15) is 9.59 Å². The highest BCUT2D eigenvalue weighted by Crippen LogP contribution is 2.49.